The fourth-order valence-corrected chi connectivity index (χ4v) is 3.27. The number of rotatable bonds is 7. The van der Waals surface area contributed by atoms with Crippen LogP contribution in [0.25, 0.3) is 0 Å². The minimum atomic E-state index is -0.101. The van der Waals surface area contributed by atoms with Crippen molar-refractivity contribution < 1.29 is 18.8 Å². The van der Waals surface area contributed by atoms with Gasteiger partial charge in [-0.1, -0.05) is 35.5 Å². The topological polar surface area (TPSA) is 64.8 Å². The Balaban J connectivity index is 1.76. The van der Waals surface area contributed by atoms with Gasteiger partial charge in [-0.2, -0.15) is 0 Å². The van der Waals surface area contributed by atoms with Crippen LogP contribution in [0.3, 0.4) is 0 Å². The van der Waals surface area contributed by atoms with E-state index in [2.05, 4.69) is 17.3 Å². The third-order valence-electron chi connectivity index (χ3n) is 4.50. The Labute approximate surface area is 147 Å². The van der Waals surface area contributed by atoms with E-state index in [1.807, 2.05) is 23.1 Å². The number of benzene rings is 1. The molecule has 0 radical (unpaired) electrons. The molecule has 0 bridgehead atoms. The van der Waals surface area contributed by atoms with Gasteiger partial charge in [-0.3, -0.25) is 4.79 Å². The molecular formula is C19H24N2O4. The van der Waals surface area contributed by atoms with Crippen molar-refractivity contribution in [3.05, 3.63) is 53.4 Å². The highest BCUT2D eigenvalue weighted by Crippen LogP contribution is 2.26. The molecule has 1 aromatic carbocycles. The molecule has 2 heterocycles. The fraction of sp³-hybridized carbons (Fsp3) is 0.474. The SMILES string of the molecule is COCCO[C@@H]1CCN(C(=O)c2cc(C)on2)[C@H]1Cc1ccccc1. The zero-order chi connectivity index (χ0) is 17.6. The normalized spacial score (nSPS) is 20.2. The van der Waals surface area contributed by atoms with Gasteiger partial charge in [0.05, 0.1) is 25.4 Å². The summed E-state index contributed by atoms with van der Waals surface area (Å²) in [5.74, 6) is 0.533. The lowest BCUT2D eigenvalue weighted by molar-refractivity contribution is 0.000369. The molecule has 0 saturated carbocycles. The number of carbonyl (C=O) groups excluding carboxylic acids is 1. The minimum absolute atomic E-state index is 0.00713. The van der Waals surface area contributed by atoms with Crippen LogP contribution in [-0.2, 0) is 15.9 Å². The van der Waals surface area contributed by atoms with E-state index in [0.717, 1.165) is 12.8 Å². The molecule has 1 fully saturated rings. The van der Waals surface area contributed by atoms with E-state index in [9.17, 15) is 4.79 Å². The van der Waals surface area contributed by atoms with Gasteiger partial charge < -0.3 is 18.9 Å². The lowest BCUT2D eigenvalue weighted by atomic mass is 10.0. The van der Waals surface area contributed by atoms with Crippen LogP contribution in [-0.4, -0.2) is 55.0 Å². The number of aryl methyl sites for hydroxylation is 1. The third-order valence-corrected chi connectivity index (χ3v) is 4.50. The molecule has 1 amide bonds. The Kier molecular flexibility index (Phi) is 5.83. The molecule has 1 aliphatic rings. The summed E-state index contributed by atoms with van der Waals surface area (Å²) in [5, 5.41) is 3.88. The average molecular weight is 344 g/mol. The highest BCUT2D eigenvalue weighted by Gasteiger charge is 2.38. The van der Waals surface area contributed by atoms with Crippen molar-refractivity contribution in [1.29, 1.82) is 0 Å². The van der Waals surface area contributed by atoms with Gasteiger partial charge in [0.2, 0.25) is 0 Å². The van der Waals surface area contributed by atoms with Crippen molar-refractivity contribution in [1.82, 2.24) is 10.1 Å². The van der Waals surface area contributed by atoms with Crippen molar-refractivity contribution in [2.45, 2.75) is 31.9 Å². The van der Waals surface area contributed by atoms with Gasteiger partial charge in [-0.25, -0.2) is 0 Å². The Morgan fingerprint density at radius 2 is 2.12 bits per heavy atom. The summed E-state index contributed by atoms with van der Waals surface area (Å²) in [5.41, 5.74) is 1.54. The molecular weight excluding hydrogens is 320 g/mol. The number of nitrogens with zero attached hydrogens (tertiary/aromatic N) is 2. The van der Waals surface area contributed by atoms with Crippen LogP contribution in [0.15, 0.2) is 40.9 Å². The van der Waals surface area contributed by atoms with Crippen LogP contribution in [0.2, 0.25) is 0 Å². The smallest absolute Gasteiger partial charge is 0.276 e. The summed E-state index contributed by atoms with van der Waals surface area (Å²) in [6.45, 7) is 3.51. The quantitative estimate of drug-likeness (QED) is 0.722. The number of methoxy groups -OCH3 is 1. The number of hydrogen-bond donors (Lipinski definition) is 0. The summed E-state index contributed by atoms with van der Waals surface area (Å²) in [6.07, 6.45) is 1.55. The van der Waals surface area contributed by atoms with Crippen LogP contribution in [0.4, 0.5) is 0 Å². The van der Waals surface area contributed by atoms with E-state index in [1.165, 1.54) is 5.56 Å². The van der Waals surface area contributed by atoms with Crippen LogP contribution in [0, 0.1) is 6.92 Å². The van der Waals surface area contributed by atoms with Crippen LogP contribution in [0.1, 0.15) is 28.2 Å². The Morgan fingerprint density at radius 3 is 2.80 bits per heavy atom. The summed E-state index contributed by atoms with van der Waals surface area (Å²) >= 11 is 0. The minimum Gasteiger partial charge on any atom is -0.382 e. The number of ether oxygens (including phenoxy) is 2. The third kappa shape index (κ3) is 4.27. The maximum atomic E-state index is 12.9. The van der Waals surface area contributed by atoms with Gasteiger partial charge in [0.1, 0.15) is 5.76 Å². The maximum Gasteiger partial charge on any atom is 0.276 e. The van der Waals surface area contributed by atoms with Crippen molar-refractivity contribution >= 4 is 5.91 Å². The lowest BCUT2D eigenvalue weighted by Gasteiger charge is -2.28. The van der Waals surface area contributed by atoms with E-state index < -0.39 is 0 Å². The molecule has 2 aromatic rings. The largest absolute Gasteiger partial charge is 0.382 e. The maximum absolute atomic E-state index is 12.9. The second-order valence-electron chi connectivity index (χ2n) is 6.27. The van der Waals surface area contributed by atoms with Crippen LogP contribution < -0.4 is 0 Å². The number of carbonyl (C=O) groups is 1. The molecule has 6 heteroatoms. The molecule has 0 spiro atoms. The number of likely N-dealkylation sites (tertiary alicyclic amines) is 1. The van der Waals surface area contributed by atoms with Crippen molar-refractivity contribution in [2.75, 3.05) is 26.9 Å². The Bertz CT molecular complexity index is 686. The first-order valence-corrected chi connectivity index (χ1v) is 8.58. The second-order valence-corrected chi connectivity index (χ2v) is 6.27. The van der Waals surface area contributed by atoms with Gasteiger partial charge in [0.25, 0.3) is 5.91 Å². The predicted molar refractivity (Wildman–Crippen MR) is 92.4 cm³/mol. The molecule has 3 rings (SSSR count). The van der Waals surface area contributed by atoms with Crippen LogP contribution in [0.5, 0.6) is 0 Å². The van der Waals surface area contributed by atoms with Gasteiger partial charge in [-0.05, 0) is 25.3 Å². The van der Waals surface area contributed by atoms with Crippen molar-refractivity contribution in [3.8, 4) is 0 Å². The summed E-state index contributed by atoms with van der Waals surface area (Å²) < 4.78 is 16.1. The molecule has 1 saturated heterocycles. The second kappa shape index (κ2) is 8.27. The van der Waals surface area contributed by atoms with E-state index in [4.69, 9.17) is 14.0 Å². The molecule has 25 heavy (non-hydrogen) atoms. The van der Waals surface area contributed by atoms with Gasteiger partial charge in [0.15, 0.2) is 5.69 Å². The molecule has 0 aliphatic carbocycles. The Hall–Kier alpha value is -2.18. The Morgan fingerprint density at radius 1 is 1.32 bits per heavy atom. The number of amides is 1. The van der Waals surface area contributed by atoms with Crippen molar-refractivity contribution in [2.24, 2.45) is 0 Å². The highest BCUT2D eigenvalue weighted by atomic mass is 16.5. The first-order chi connectivity index (χ1) is 12.2. The average Bonchev–Trinajstić information content (AvgIpc) is 3.22. The van der Waals surface area contributed by atoms with E-state index in [-0.39, 0.29) is 18.1 Å². The fourth-order valence-electron chi connectivity index (χ4n) is 3.27. The lowest BCUT2D eigenvalue weighted by Crippen LogP contribution is -2.42. The molecule has 1 aliphatic heterocycles. The monoisotopic (exact) mass is 344 g/mol. The summed E-state index contributed by atoms with van der Waals surface area (Å²) in [4.78, 5) is 14.7. The van der Waals surface area contributed by atoms with E-state index >= 15 is 0 Å². The summed E-state index contributed by atoms with van der Waals surface area (Å²) in [6, 6.07) is 11.8. The molecule has 0 N–H and O–H groups in total. The first kappa shape index (κ1) is 17.6. The van der Waals surface area contributed by atoms with Gasteiger partial charge in [-0.15, -0.1) is 0 Å². The van der Waals surface area contributed by atoms with Gasteiger partial charge in [0, 0.05) is 19.7 Å². The zero-order valence-electron chi connectivity index (χ0n) is 14.7. The number of aromatic nitrogens is 1. The van der Waals surface area contributed by atoms with E-state index in [1.54, 1.807) is 20.1 Å². The van der Waals surface area contributed by atoms with Crippen LogP contribution >= 0.6 is 0 Å². The molecule has 1 aromatic heterocycles. The predicted octanol–water partition coefficient (Wildman–Crippen LogP) is 2.47. The standard InChI is InChI=1S/C19H24N2O4/c1-14-12-16(20-25-14)19(22)21-9-8-18(24-11-10-23-2)17(21)13-15-6-4-3-5-7-15/h3-7,12,17-18H,8-11,13H2,1-2H3/t17-,18+/m0/s1. The summed E-state index contributed by atoms with van der Waals surface area (Å²) in [7, 11) is 1.65. The van der Waals surface area contributed by atoms with Gasteiger partial charge >= 0.3 is 0 Å². The molecule has 6 nitrogen and oxygen atoms in total. The zero-order valence-corrected chi connectivity index (χ0v) is 14.7. The number of hydrogen-bond acceptors (Lipinski definition) is 5. The first-order valence-electron chi connectivity index (χ1n) is 8.58. The van der Waals surface area contributed by atoms with E-state index in [0.29, 0.717) is 31.2 Å². The molecule has 0 unspecified atom stereocenters. The molecule has 2 atom stereocenters. The molecule has 134 valence electrons. The van der Waals surface area contributed by atoms with Crippen molar-refractivity contribution in [3.63, 3.8) is 0 Å². The highest BCUT2D eigenvalue weighted by molar-refractivity contribution is 5.92.